The lowest BCUT2D eigenvalue weighted by molar-refractivity contribution is -0.140. The second kappa shape index (κ2) is 6.72. The van der Waals surface area contributed by atoms with Crippen LogP contribution in [0, 0.1) is 5.92 Å². The Labute approximate surface area is 124 Å². The van der Waals surface area contributed by atoms with Gasteiger partial charge in [0.25, 0.3) is 0 Å². The Morgan fingerprint density at radius 3 is 2.65 bits per heavy atom. The van der Waals surface area contributed by atoms with Gasteiger partial charge in [0.2, 0.25) is 5.91 Å². The van der Waals surface area contributed by atoms with Gasteiger partial charge < -0.3 is 9.64 Å². The molecule has 1 aromatic rings. The molecule has 1 aliphatic heterocycles. The molecule has 1 saturated heterocycles. The molecule has 3 nitrogen and oxygen atoms in total. The van der Waals surface area contributed by atoms with E-state index in [1.54, 1.807) is 11.3 Å². The first kappa shape index (κ1) is 14.1. The second-order valence-corrected chi connectivity index (χ2v) is 6.90. The maximum atomic E-state index is 12.9. The molecule has 2 fully saturated rings. The van der Waals surface area contributed by atoms with Crippen molar-refractivity contribution in [2.45, 2.75) is 51.1 Å². The lowest BCUT2D eigenvalue weighted by atomic mass is 10.0. The lowest BCUT2D eigenvalue weighted by Crippen LogP contribution is -2.45. The molecule has 0 atom stereocenters. The minimum Gasteiger partial charge on any atom is -0.381 e. The number of ether oxygens (including phenoxy) is 1. The first-order valence-electron chi connectivity index (χ1n) is 7.75. The van der Waals surface area contributed by atoms with Gasteiger partial charge in [0.1, 0.15) is 0 Å². The van der Waals surface area contributed by atoms with Gasteiger partial charge in [-0.3, -0.25) is 4.79 Å². The smallest absolute Gasteiger partial charge is 0.226 e. The molecule has 1 amide bonds. The summed E-state index contributed by atoms with van der Waals surface area (Å²) in [4.78, 5) is 16.3. The fraction of sp³-hybridized carbons (Fsp3) is 0.688. The molecular formula is C16H23NO2S. The zero-order valence-electron chi connectivity index (χ0n) is 11.9. The Hall–Kier alpha value is -0.870. The molecule has 4 heteroatoms. The molecule has 110 valence electrons. The first-order valence-corrected chi connectivity index (χ1v) is 8.63. The highest BCUT2D eigenvalue weighted by Crippen LogP contribution is 2.30. The normalized spacial score (nSPS) is 21.2. The van der Waals surface area contributed by atoms with Crippen LogP contribution in [0.25, 0.3) is 0 Å². The quantitative estimate of drug-likeness (QED) is 0.851. The van der Waals surface area contributed by atoms with Crippen molar-refractivity contribution in [2.75, 3.05) is 13.2 Å². The summed E-state index contributed by atoms with van der Waals surface area (Å²) in [5, 5.41) is 2.09. The average molecular weight is 293 g/mol. The zero-order valence-corrected chi connectivity index (χ0v) is 12.7. The van der Waals surface area contributed by atoms with E-state index in [4.69, 9.17) is 4.74 Å². The van der Waals surface area contributed by atoms with E-state index in [9.17, 15) is 4.79 Å². The standard InChI is InChI=1S/C16H23NO2S/c18-16(13-4-1-2-5-13)17(12-15-6-3-11-20-15)14-7-9-19-10-8-14/h3,6,11,13-14H,1-2,4-5,7-10,12H2. The van der Waals surface area contributed by atoms with Gasteiger partial charge in [-0.1, -0.05) is 18.9 Å². The number of rotatable bonds is 4. The summed E-state index contributed by atoms with van der Waals surface area (Å²) in [6.45, 7) is 2.38. The zero-order chi connectivity index (χ0) is 13.8. The Bertz CT molecular complexity index is 420. The molecule has 1 aromatic heterocycles. The van der Waals surface area contributed by atoms with Crippen molar-refractivity contribution >= 4 is 17.2 Å². The van der Waals surface area contributed by atoms with Crippen LogP contribution in [0.4, 0.5) is 0 Å². The van der Waals surface area contributed by atoms with Crippen molar-refractivity contribution in [1.82, 2.24) is 4.90 Å². The van der Waals surface area contributed by atoms with E-state index in [0.717, 1.165) is 45.4 Å². The number of hydrogen-bond acceptors (Lipinski definition) is 3. The van der Waals surface area contributed by atoms with Gasteiger partial charge in [-0.15, -0.1) is 11.3 Å². The number of carbonyl (C=O) groups is 1. The molecule has 2 heterocycles. The monoisotopic (exact) mass is 293 g/mol. The number of nitrogens with zero attached hydrogens (tertiary/aromatic N) is 1. The van der Waals surface area contributed by atoms with Crippen LogP contribution in [0.15, 0.2) is 17.5 Å². The summed E-state index contributed by atoms with van der Waals surface area (Å²) in [7, 11) is 0. The molecule has 3 rings (SSSR count). The van der Waals surface area contributed by atoms with Crippen molar-refractivity contribution in [3.05, 3.63) is 22.4 Å². The molecule has 1 aliphatic carbocycles. The summed E-state index contributed by atoms with van der Waals surface area (Å²) < 4.78 is 5.45. The van der Waals surface area contributed by atoms with E-state index >= 15 is 0 Å². The van der Waals surface area contributed by atoms with E-state index in [1.807, 2.05) is 0 Å². The van der Waals surface area contributed by atoms with Gasteiger partial charge in [-0.25, -0.2) is 0 Å². The average Bonchev–Trinajstić information content (AvgIpc) is 3.18. The fourth-order valence-corrected chi connectivity index (χ4v) is 4.06. The summed E-state index contributed by atoms with van der Waals surface area (Å²) in [5.41, 5.74) is 0. The lowest BCUT2D eigenvalue weighted by Gasteiger charge is -2.35. The fourth-order valence-electron chi connectivity index (χ4n) is 3.36. The highest BCUT2D eigenvalue weighted by molar-refractivity contribution is 7.09. The summed E-state index contributed by atoms with van der Waals surface area (Å²) in [5.74, 6) is 0.667. The highest BCUT2D eigenvalue weighted by Gasteiger charge is 2.32. The van der Waals surface area contributed by atoms with Crippen molar-refractivity contribution < 1.29 is 9.53 Å². The van der Waals surface area contributed by atoms with Gasteiger partial charge >= 0.3 is 0 Å². The van der Waals surface area contributed by atoms with Crippen LogP contribution in [0.1, 0.15) is 43.4 Å². The Balaban J connectivity index is 1.72. The van der Waals surface area contributed by atoms with Crippen molar-refractivity contribution in [3.63, 3.8) is 0 Å². The molecule has 0 spiro atoms. The van der Waals surface area contributed by atoms with Crippen molar-refractivity contribution in [3.8, 4) is 0 Å². The largest absolute Gasteiger partial charge is 0.381 e. The Morgan fingerprint density at radius 2 is 2.00 bits per heavy atom. The minimum absolute atomic E-state index is 0.276. The van der Waals surface area contributed by atoms with Gasteiger partial charge in [0.05, 0.1) is 6.54 Å². The third kappa shape index (κ3) is 3.23. The van der Waals surface area contributed by atoms with Crippen LogP contribution < -0.4 is 0 Å². The van der Waals surface area contributed by atoms with Crippen molar-refractivity contribution in [2.24, 2.45) is 5.92 Å². The molecule has 0 radical (unpaired) electrons. The second-order valence-electron chi connectivity index (χ2n) is 5.87. The number of thiophene rings is 1. The molecule has 2 aliphatic rings. The molecule has 1 saturated carbocycles. The van der Waals surface area contributed by atoms with Crippen LogP contribution >= 0.6 is 11.3 Å². The molecule has 0 unspecified atom stereocenters. The van der Waals surface area contributed by atoms with Gasteiger partial charge in [0.15, 0.2) is 0 Å². The maximum absolute atomic E-state index is 12.9. The Morgan fingerprint density at radius 1 is 1.25 bits per heavy atom. The topological polar surface area (TPSA) is 29.5 Å². The van der Waals surface area contributed by atoms with Crippen LogP contribution in [-0.2, 0) is 16.1 Å². The Kier molecular flexibility index (Phi) is 4.73. The van der Waals surface area contributed by atoms with E-state index in [-0.39, 0.29) is 5.92 Å². The number of carbonyl (C=O) groups excluding carboxylic acids is 1. The molecule has 0 aromatic carbocycles. The van der Waals surface area contributed by atoms with E-state index in [0.29, 0.717) is 11.9 Å². The van der Waals surface area contributed by atoms with Gasteiger partial charge in [-0.2, -0.15) is 0 Å². The highest BCUT2D eigenvalue weighted by atomic mass is 32.1. The summed E-state index contributed by atoms with van der Waals surface area (Å²) in [6.07, 6.45) is 6.59. The van der Waals surface area contributed by atoms with Crippen LogP contribution in [-0.4, -0.2) is 30.1 Å². The first-order chi connectivity index (χ1) is 9.84. The molecule has 0 N–H and O–H groups in total. The van der Waals surface area contributed by atoms with Crippen LogP contribution in [0.3, 0.4) is 0 Å². The number of amides is 1. The number of hydrogen-bond donors (Lipinski definition) is 0. The predicted octanol–water partition coefficient (Wildman–Crippen LogP) is 3.45. The summed E-state index contributed by atoms with van der Waals surface area (Å²) in [6, 6.07) is 4.58. The minimum atomic E-state index is 0.276. The van der Waals surface area contributed by atoms with E-state index < -0.39 is 0 Å². The molecule has 20 heavy (non-hydrogen) atoms. The van der Waals surface area contributed by atoms with E-state index in [1.165, 1.54) is 17.7 Å². The third-order valence-corrected chi connectivity index (χ3v) is 5.39. The molecule has 0 bridgehead atoms. The van der Waals surface area contributed by atoms with Gasteiger partial charge in [0, 0.05) is 30.1 Å². The van der Waals surface area contributed by atoms with Crippen LogP contribution in [0.5, 0.6) is 0 Å². The third-order valence-electron chi connectivity index (χ3n) is 4.53. The molecular weight excluding hydrogens is 270 g/mol. The van der Waals surface area contributed by atoms with E-state index in [2.05, 4.69) is 22.4 Å². The SMILES string of the molecule is O=C(C1CCCC1)N(Cc1cccs1)C1CCOCC1. The predicted molar refractivity (Wildman–Crippen MR) is 80.7 cm³/mol. The summed E-state index contributed by atoms with van der Waals surface area (Å²) >= 11 is 1.75. The maximum Gasteiger partial charge on any atom is 0.226 e. The van der Waals surface area contributed by atoms with Crippen LogP contribution in [0.2, 0.25) is 0 Å². The van der Waals surface area contributed by atoms with Crippen molar-refractivity contribution in [1.29, 1.82) is 0 Å². The van der Waals surface area contributed by atoms with Gasteiger partial charge in [-0.05, 0) is 37.1 Å².